The lowest BCUT2D eigenvalue weighted by Crippen LogP contribution is -2.34. The van der Waals surface area contributed by atoms with Crippen LogP contribution < -0.4 is 0 Å². The first-order chi connectivity index (χ1) is 10.9. The number of hydrogen-bond acceptors (Lipinski definition) is 4. The van der Waals surface area contributed by atoms with Crippen LogP contribution in [0.25, 0.3) is 0 Å². The average molecular weight is 398 g/mol. The highest BCUT2D eigenvalue weighted by molar-refractivity contribution is 9.10. The second kappa shape index (κ2) is 7.31. The van der Waals surface area contributed by atoms with Crippen LogP contribution in [-0.4, -0.2) is 45.8 Å². The molecule has 0 saturated carbocycles. The Morgan fingerprint density at radius 2 is 1.91 bits per heavy atom. The van der Waals surface area contributed by atoms with Crippen molar-refractivity contribution in [2.24, 2.45) is 0 Å². The molecule has 1 aliphatic rings. The third-order valence-electron chi connectivity index (χ3n) is 3.62. The number of aliphatic carboxylic acids is 1. The highest BCUT2D eigenvalue weighted by Gasteiger charge is 2.41. The SMILES string of the molecule is CCN1C(=O)C(CC(=O)O)=C(C(=O)c2ccc(Br)cc2)[C@H]1SC. The standard InChI is InChI=1S/C16H16BrNO4S/c1-3-18-15(22)11(8-12(19)20)13(16(18)23-2)14(21)9-4-6-10(17)7-5-9/h4-7,16H,3,8H2,1-2H3,(H,19,20)/t16-/m1/s1. The van der Waals surface area contributed by atoms with Crippen LogP contribution in [0.5, 0.6) is 0 Å². The third kappa shape index (κ3) is 3.50. The largest absolute Gasteiger partial charge is 0.481 e. The first kappa shape index (κ1) is 17.7. The highest BCUT2D eigenvalue weighted by atomic mass is 79.9. The molecule has 0 saturated heterocycles. The van der Waals surface area contributed by atoms with Gasteiger partial charge in [-0.15, -0.1) is 11.8 Å². The Kier molecular flexibility index (Phi) is 5.64. The van der Waals surface area contributed by atoms with E-state index < -0.39 is 17.8 Å². The van der Waals surface area contributed by atoms with Crippen molar-refractivity contribution < 1.29 is 19.5 Å². The lowest BCUT2D eigenvalue weighted by atomic mass is 9.98. The van der Waals surface area contributed by atoms with E-state index in [-0.39, 0.29) is 22.8 Å². The number of nitrogens with zero attached hydrogens (tertiary/aromatic N) is 1. The fourth-order valence-electron chi connectivity index (χ4n) is 2.58. The van der Waals surface area contributed by atoms with Gasteiger partial charge in [0.15, 0.2) is 5.78 Å². The topological polar surface area (TPSA) is 74.7 Å². The van der Waals surface area contributed by atoms with Crippen LogP contribution in [0, 0.1) is 0 Å². The predicted octanol–water partition coefficient (Wildman–Crippen LogP) is 2.95. The smallest absolute Gasteiger partial charge is 0.308 e. The van der Waals surface area contributed by atoms with Gasteiger partial charge < -0.3 is 10.0 Å². The summed E-state index contributed by atoms with van der Waals surface area (Å²) in [6.07, 6.45) is 1.36. The quantitative estimate of drug-likeness (QED) is 0.746. The van der Waals surface area contributed by atoms with E-state index in [1.165, 1.54) is 16.7 Å². The Morgan fingerprint density at radius 1 is 1.30 bits per heavy atom. The van der Waals surface area contributed by atoms with Gasteiger partial charge in [-0.2, -0.15) is 0 Å². The van der Waals surface area contributed by atoms with Gasteiger partial charge in [0.1, 0.15) is 5.37 Å². The number of carboxylic acids is 1. The van der Waals surface area contributed by atoms with Crippen molar-refractivity contribution >= 4 is 45.4 Å². The number of amides is 1. The van der Waals surface area contributed by atoms with Crippen LogP contribution in [0.2, 0.25) is 0 Å². The monoisotopic (exact) mass is 397 g/mol. The van der Waals surface area contributed by atoms with Crippen molar-refractivity contribution in [2.45, 2.75) is 18.7 Å². The van der Waals surface area contributed by atoms with Crippen LogP contribution in [0.15, 0.2) is 39.9 Å². The van der Waals surface area contributed by atoms with Gasteiger partial charge in [-0.1, -0.05) is 15.9 Å². The molecule has 1 aromatic rings. The van der Waals surface area contributed by atoms with Crippen molar-refractivity contribution in [3.8, 4) is 0 Å². The van der Waals surface area contributed by atoms with Gasteiger partial charge in [0.2, 0.25) is 0 Å². The summed E-state index contributed by atoms with van der Waals surface area (Å²) in [5.74, 6) is -1.78. The van der Waals surface area contributed by atoms with Crippen molar-refractivity contribution in [1.29, 1.82) is 0 Å². The second-order valence-corrected chi connectivity index (χ2v) is 6.81. The summed E-state index contributed by atoms with van der Waals surface area (Å²) in [4.78, 5) is 38.0. The lowest BCUT2D eigenvalue weighted by molar-refractivity contribution is -0.137. The fraction of sp³-hybridized carbons (Fsp3) is 0.312. The molecule has 1 aromatic carbocycles. The van der Waals surface area contributed by atoms with Crippen molar-refractivity contribution in [3.63, 3.8) is 0 Å². The van der Waals surface area contributed by atoms with Crippen LogP contribution in [0.1, 0.15) is 23.7 Å². The molecule has 5 nitrogen and oxygen atoms in total. The third-order valence-corrected chi connectivity index (χ3v) is 5.08. The Hall–Kier alpha value is -1.60. The van der Waals surface area contributed by atoms with E-state index in [1.807, 2.05) is 6.92 Å². The molecule has 1 amide bonds. The molecule has 23 heavy (non-hydrogen) atoms. The Morgan fingerprint density at radius 3 is 2.39 bits per heavy atom. The molecule has 0 spiro atoms. The van der Waals surface area contributed by atoms with E-state index in [2.05, 4.69) is 15.9 Å². The first-order valence-electron chi connectivity index (χ1n) is 6.99. The molecule has 0 unspecified atom stereocenters. The first-order valence-corrected chi connectivity index (χ1v) is 9.07. The number of Topliss-reactive ketones (excluding diaryl/α,β-unsaturated/α-hetero) is 1. The number of benzene rings is 1. The molecule has 1 heterocycles. The maximum Gasteiger partial charge on any atom is 0.308 e. The zero-order chi connectivity index (χ0) is 17.1. The van der Waals surface area contributed by atoms with Gasteiger partial charge >= 0.3 is 5.97 Å². The van der Waals surface area contributed by atoms with Crippen LogP contribution in [0.3, 0.4) is 0 Å². The van der Waals surface area contributed by atoms with E-state index >= 15 is 0 Å². The number of ketones is 1. The molecular weight excluding hydrogens is 382 g/mol. The van der Waals surface area contributed by atoms with Gasteiger partial charge in [-0.05, 0) is 37.4 Å². The fourth-order valence-corrected chi connectivity index (χ4v) is 3.83. The number of rotatable bonds is 6. The Labute approximate surface area is 146 Å². The van der Waals surface area contributed by atoms with E-state index in [1.54, 1.807) is 30.5 Å². The zero-order valence-electron chi connectivity index (χ0n) is 12.7. The van der Waals surface area contributed by atoms with Gasteiger partial charge in [0, 0.05) is 27.7 Å². The van der Waals surface area contributed by atoms with Crippen LogP contribution in [-0.2, 0) is 9.59 Å². The van der Waals surface area contributed by atoms with E-state index in [0.717, 1.165) is 4.47 Å². The molecule has 1 N–H and O–H groups in total. The summed E-state index contributed by atoms with van der Waals surface area (Å²) in [5, 5.41) is 8.64. The maximum atomic E-state index is 12.9. The predicted molar refractivity (Wildman–Crippen MR) is 92.4 cm³/mol. The summed E-state index contributed by atoms with van der Waals surface area (Å²) in [6.45, 7) is 2.23. The Balaban J connectivity index is 2.52. The highest BCUT2D eigenvalue weighted by Crippen LogP contribution is 2.35. The molecule has 0 fully saturated rings. The lowest BCUT2D eigenvalue weighted by Gasteiger charge is -2.23. The summed E-state index contributed by atoms with van der Waals surface area (Å²) in [7, 11) is 0. The summed E-state index contributed by atoms with van der Waals surface area (Å²) >= 11 is 4.67. The summed E-state index contributed by atoms with van der Waals surface area (Å²) < 4.78 is 0.841. The van der Waals surface area contributed by atoms with E-state index in [0.29, 0.717) is 12.1 Å². The zero-order valence-corrected chi connectivity index (χ0v) is 15.1. The number of carbonyl (C=O) groups is 3. The van der Waals surface area contributed by atoms with Gasteiger partial charge in [-0.25, -0.2) is 0 Å². The number of carboxylic acid groups (broad SMARTS) is 1. The number of halogens is 1. The number of hydrogen-bond donors (Lipinski definition) is 1. The minimum absolute atomic E-state index is 0.0895. The molecule has 7 heteroatoms. The normalized spacial score (nSPS) is 17.8. The molecule has 0 aromatic heterocycles. The van der Waals surface area contributed by atoms with Gasteiger partial charge in [0.25, 0.3) is 5.91 Å². The number of thioether (sulfide) groups is 1. The molecule has 122 valence electrons. The van der Waals surface area contributed by atoms with Crippen LogP contribution in [0.4, 0.5) is 0 Å². The van der Waals surface area contributed by atoms with Gasteiger partial charge in [-0.3, -0.25) is 14.4 Å². The van der Waals surface area contributed by atoms with Crippen molar-refractivity contribution in [2.75, 3.05) is 12.8 Å². The average Bonchev–Trinajstić information content (AvgIpc) is 2.78. The summed E-state index contributed by atoms with van der Waals surface area (Å²) in [6, 6.07) is 6.81. The second-order valence-electron chi connectivity index (χ2n) is 4.98. The van der Waals surface area contributed by atoms with Crippen LogP contribution >= 0.6 is 27.7 Å². The van der Waals surface area contributed by atoms with E-state index in [9.17, 15) is 14.4 Å². The van der Waals surface area contributed by atoms with Gasteiger partial charge in [0.05, 0.1) is 6.42 Å². The molecule has 0 bridgehead atoms. The molecule has 1 aliphatic heterocycles. The minimum atomic E-state index is -1.12. The molecule has 2 rings (SSSR count). The minimum Gasteiger partial charge on any atom is -0.481 e. The van der Waals surface area contributed by atoms with E-state index in [4.69, 9.17) is 5.11 Å². The molecule has 0 aliphatic carbocycles. The summed E-state index contributed by atoms with van der Waals surface area (Å²) in [5.41, 5.74) is 0.816. The maximum absolute atomic E-state index is 12.9. The van der Waals surface area contributed by atoms with Crippen molar-refractivity contribution in [3.05, 3.63) is 45.4 Å². The number of carbonyl (C=O) groups excluding carboxylic acids is 2. The Bertz CT molecular complexity index is 684. The molecule has 1 atom stereocenters. The molecular formula is C16H16BrNO4S. The van der Waals surface area contributed by atoms with Crippen molar-refractivity contribution in [1.82, 2.24) is 4.90 Å². The molecule has 0 radical (unpaired) electrons. The number of likely N-dealkylation sites (N-methyl/N-ethyl adjacent to an activating group) is 1.